The lowest BCUT2D eigenvalue weighted by molar-refractivity contribution is 0.100. The largest absolute Gasteiger partial charge is 0.399 e. The Labute approximate surface area is 115 Å². The number of carbonyl (C=O) groups is 1. The van der Waals surface area contributed by atoms with E-state index >= 15 is 0 Å². The maximum atomic E-state index is 11.6. The third kappa shape index (κ3) is 3.88. The van der Waals surface area contributed by atoms with Crippen LogP contribution in [0.4, 0.5) is 11.4 Å². The van der Waals surface area contributed by atoms with E-state index in [0.717, 1.165) is 31.6 Å². The molecule has 19 heavy (non-hydrogen) atoms. The Hall–Kier alpha value is -1.71. The van der Waals surface area contributed by atoms with E-state index in [1.54, 1.807) is 6.07 Å². The minimum Gasteiger partial charge on any atom is -0.399 e. The summed E-state index contributed by atoms with van der Waals surface area (Å²) in [6.45, 7) is 8.26. The lowest BCUT2D eigenvalue weighted by Gasteiger charge is -2.29. The predicted molar refractivity (Wildman–Crippen MR) is 81.3 cm³/mol. The highest BCUT2D eigenvalue weighted by molar-refractivity contribution is 5.99. The molecule has 0 radical (unpaired) electrons. The third-order valence-corrected chi connectivity index (χ3v) is 3.64. The summed E-state index contributed by atoms with van der Waals surface area (Å²) in [6.07, 6.45) is 2.27. The SMILES string of the molecule is CCC(CC)CN(CC)c1ccc(N)cc1C(N)=O. The van der Waals surface area contributed by atoms with Gasteiger partial charge in [0.15, 0.2) is 0 Å². The van der Waals surface area contributed by atoms with Crippen molar-refractivity contribution in [3.05, 3.63) is 23.8 Å². The van der Waals surface area contributed by atoms with Crippen LogP contribution in [0, 0.1) is 5.92 Å². The molecule has 0 heterocycles. The molecule has 0 aliphatic heterocycles. The average molecular weight is 263 g/mol. The number of hydrogen-bond acceptors (Lipinski definition) is 3. The molecule has 4 N–H and O–H groups in total. The number of nitrogens with zero attached hydrogens (tertiary/aromatic N) is 1. The molecular weight excluding hydrogens is 238 g/mol. The highest BCUT2D eigenvalue weighted by Crippen LogP contribution is 2.24. The van der Waals surface area contributed by atoms with Gasteiger partial charge in [-0.05, 0) is 31.0 Å². The fourth-order valence-corrected chi connectivity index (χ4v) is 2.28. The first-order valence-corrected chi connectivity index (χ1v) is 6.97. The van der Waals surface area contributed by atoms with Crippen LogP contribution in [0.5, 0.6) is 0 Å². The van der Waals surface area contributed by atoms with Crippen molar-refractivity contribution in [2.45, 2.75) is 33.6 Å². The van der Waals surface area contributed by atoms with Crippen LogP contribution in [-0.4, -0.2) is 19.0 Å². The molecule has 1 aromatic carbocycles. The second-order valence-electron chi connectivity index (χ2n) is 4.86. The van der Waals surface area contributed by atoms with E-state index in [-0.39, 0.29) is 0 Å². The van der Waals surface area contributed by atoms with Crippen molar-refractivity contribution in [3.63, 3.8) is 0 Å². The first kappa shape index (κ1) is 15.3. The van der Waals surface area contributed by atoms with Crippen molar-refractivity contribution in [2.75, 3.05) is 23.7 Å². The number of primary amides is 1. The summed E-state index contributed by atoms with van der Waals surface area (Å²) in [5.74, 6) is 0.198. The fourth-order valence-electron chi connectivity index (χ4n) is 2.28. The van der Waals surface area contributed by atoms with Gasteiger partial charge in [-0.3, -0.25) is 4.79 Å². The van der Waals surface area contributed by atoms with E-state index in [2.05, 4.69) is 25.7 Å². The number of nitrogens with two attached hydrogens (primary N) is 2. The Morgan fingerprint density at radius 1 is 1.26 bits per heavy atom. The van der Waals surface area contributed by atoms with Crippen LogP contribution < -0.4 is 16.4 Å². The number of anilines is 2. The summed E-state index contributed by atoms with van der Waals surface area (Å²) >= 11 is 0. The zero-order chi connectivity index (χ0) is 14.4. The lowest BCUT2D eigenvalue weighted by Crippen LogP contribution is -2.31. The molecule has 4 nitrogen and oxygen atoms in total. The number of carbonyl (C=O) groups excluding carboxylic acids is 1. The molecule has 0 bridgehead atoms. The molecule has 4 heteroatoms. The smallest absolute Gasteiger partial charge is 0.250 e. The summed E-state index contributed by atoms with van der Waals surface area (Å²) in [5, 5.41) is 0. The molecule has 0 spiro atoms. The third-order valence-electron chi connectivity index (χ3n) is 3.64. The highest BCUT2D eigenvalue weighted by Gasteiger charge is 2.16. The molecule has 1 aromatic rings. The van der Waals surface area contributed by atoms with Crippen molar-refractivity contribution >= 4 is 17.3 Å². The van der Waals surface area contributed by atoms with Gasteiger partial charge in [-0.1, -0.05) is 26.7 Å². The molecule has 1 rings (SSSR count). The van der Waals surface area contributed by atoms with Crippen LogP contribution in [0.1, 0.15) is 44.0 Å². The van der Waals surface area contributed by atoms with Gasteiger partial charge < -0.3 is 16.4 Å². The van der Waals surface area contributed by atoms with Crippen LogP contribution in [0.25, 0.3) is 0 Å². The van der Waals surface area contributed by atoms with Gasteiger partial charge in [0.25, 0.3) is 5.91 Å². The minimum absolute atomic E-state index is 0.426. The zero-order valence-corrected chi connectivity index (χ0v) is 12.1. The van der Waals surface area contributed by atoms with E-state index in [1.807, 2.05) is 12.1 Å². The van der Waals surface area contributed by atoms with Crippen molar-refractivity contribution in [3.8, 4) is 0 Å². The molecule has 0 unspecified atom stereocenters. The molecule has 1 amide bonds. The summed E-state index contributed by atoms with van der Waals surface area (Å²) in [6, 6.07) is 5.37. The molecule has 0 aromatic heterocycles. The Kier molecular flexibility index (Phi) is 5.67. The number of hydrogen-bond donors (Lipinski definition) is 2. The number of benzene rings is 1. The Bertz CT molecular complexity index is 427. The standard InChI is InChI=1S/C15H25N3O/c1-4-11(5-2)10-18(6-3)14-8-7-12(16)9-13(14)15(17)19/h7-9,11H,4-6,10,16H2,1-3H3,(H2,17,19). The van der Waals surface area contributed by atoms with Crippen LogP contribution in [0.15, 0.2) is 18.2 Å². The normalized spacial score (nSPS) is 10.7. The fraction of sp³-hybridized carbons (Fsp3) is 0.533. The Balaban J connectivity index is 3.07. The molecule has 0 saturated carbocycles. The van der Waals surface area contributed by atoms with Crippen LogP contribution in [-0.2, 0) is 0 Å². The summed E-state index contributed by atoms with van der Waals surface area (Å²) in [7, 11) is 0. The topological polar surface area (TPSA) is 72.3 Å². The van der Waals surface area contributed by atoms with E-state index in [9.17, 15) is 4.79 Å². The van der Waals surface area contributed by atoms with E-state index in [0.29, 0.717) is 17.2 Å². The highest BCUT2D eigenvalue weighted by atomic mass is 16.1. The Morgan fingerprint density at radius 2 is 1.89 bits per heavy atom. The second kappa shape index (κ2) is 7.02. The van der Waals surface area contributed by atoms with Gasteiger partial charge in [0, 0.05) is 24.5 Å². The van der Waals surface area contributed by atoms with Crippen molar-refractivity contribution in [1.29, 1.82) is 0 Å². The number of nitrogen functional groups attached to an aromatic ring is 1. The second-order valence-corrected chi connectivity index (χ2v) is 4.86. The van der Waals surface area contributed by atoms with Crippen LogP contribution in [0.3, 0.4) is 0 Å². The van der Waals surface area contributed by atoms with Gasteiger partial charge in [0.1, 0.15) is 0 Å². The van der Waals surface area contributed by atoms with Crippen molar-refractivity contribution in [2.24, 2.45) is 11.7 Å². The van der Waals surface area contributed by atoms with E-state index < -0.39 is 5.91 Å². The van der Waals surface area contributed by atoms with E-state index in [1.165, 1.54) is 0 Å². The van der Waals surface area contributed by atoms with Gasteiger partial charge in [0.2, 0.25) is 0 Å². The predicted octanol–water partition coefficient (Wildman–Crippen LogP) is 2.63. The zero-order valence-electron chi connectivity index (χ0n) is 12.1. The van der Waals surface area contributed by atoms with Crippen LogP contribution >= 0.6 is 0 Å². The van der Waals surface area contributed by atoms with E-state index in [4.69, 9.17) is 11.5 Å². The van der Waals surface area contributed by atoms with Crippen LogP contribution in [0.2, 0.25) is 0 Å². The van der Waals surface area contributed by atoms with Gasteiger partial charge in [-0.15, -0.1) is 0 Å². The molecule has 0 aliphatic carbocycles. The first-order chi connectivity index (χ1) is 9.03. The van der Waals surface area contributed by atoms with Crippen molar-refractivity contribution in [1.82, 2.24) is 0 Å². The summed E-state index contributed by atoms with van der Waals surface area (Å²) in [5.41, 5.74) is 13.1. The molecule has 106 valence electrons. The van der Waals surface area contributed by atoms with Crippen molar-refractivity contribution < 1.29 is 4.79 Å². The molecule has 0 saturated heterocycles. The van der Waals surface area contributed by atoms with Gasteiger partial charge in [0.05, 0.1) is 5.56 Å². The monoisotopic (exact) mass is 263 g/mol. The number of rotatable bonds is 7. The maximum absolute atomic E-state index is 11.6. The summed E-state index contributed by atoms with van der Waals surface area (Å²) < 4.78 is 0. The lowest BCUT2D eigenvalue weighted by atomic mass is 10.0. The number of amides is 1. The Morgan fingerprint density at radius 3 is 2.37 bits per heavy atom. The molecule has 0 aliphatic rings. The quantitative estimate of drug-likeness (QED) is 0.743. The van der Waals surface area contributed by atoms with Gasteiger partial charge in [-0.25, -0.2) is 0 Å². The molecule has 0 fully saturated rings. The van der Waals surface area contributed by atoms with Gasteiger partial charge in [-0.2, -0.15) is 0 Å². The first-order valence-electron chi connectivity index (χ1n) is 6.97. The summed E-state index contributed by atoms with van der Waals surface area (Å²) in [4.78, 5) is 13.8. The van der Waals surface area contributed by atoms with Gasteiger partial charge >= 0.3 is 0 Å². The minimum atomic E-state index is -0.426. The average Bonchev–Trinajstić information content (AvgIpc) is 2.40. The molecular formula is C15H25N3O. The molecule has 0 atom stereocenters. The maximum Gasteiger partial charge on any atom is 0.250 e.